The second kappa shape index (κ2) is 10.7. The van der Waals surface area contributed by atoms with Gasteiger partial charge in [-0.2, -0.15) is 23.3 Å². The first-order chi connectivity index (χ1) is 17.9. The summed E-state index contributed by atoms with van der Waals surface area (Å²) in [6.45, 7) is 1.71. The summed E-state index contributed by atoms with van der Waals surface area (Å²) < 4.78 is 49.6. The molecule has 2 aromatic carbocycles. The Morgan fingerprint density at radius 3 is 2.45 bits per heavy atom. The van der Waals surface area contributed by atoms with Crippen LogP contribution in [-0.2, 0) is 11.2 Å². The number of hydrogen-bond acceptors (Lipinski definition) is 7. The molecule has 0 saturated heterocycles. The number of nitrogen functional groups attached to an aromatic ring is 1. The van der Waals surface area contributed by atoms with Crippen molar-refractivity contribution in [1.29, 1.82) is 0 Å². The average Bonchev–Trinajstić information content (AvgIpc) is 3.28. The van der Waals surface area contributed by atoms with Crippen molar-refractivity contribution in [3.05, 3.63) is 82.6 Å². The summed E-state index contributed by atoms with van der Waals surface area (Å²) in [5.74, 6) is -1.83. The number of carbonyl (C=O) groups is 1. The van der Waals surface area contributed by atoms with Crippen molar-refractivity contribution >= 4 is 23.5 Å². The zero-order valence-corrected chi connectivity index (χ0v) is 20.6. The minimum Gasteiger partial charge on any atom is -0.480 e. The summed E-state index contributed by atoms with van der Waals surface area (Å²) in [6, 6.07) is 12.2. The van der Waals surface area contributed by atoms with Crippen LogP contribution in [0.5, 0.6) is 5.88 Å². The van der Waals surface area contributed by atoms with E-state index in [1.165, 1.54) is 35.1 Å². The lowest BCUT2D eigenvalue weighted by Gasteiger charge is -2.24. The fourth-order valence-corrected chi connectivity index (χ4v) is 3.88. The lowest BCUT2D eigenvalue weighted by atomic mass is 10.0. The van der Waals surface area contributed by atoms with Crippen LogP contribution in [0.25, 0.3) is 16.9 Å². The summed E-state index contributed by atoms with van der Waals surface area (Å²) in [6.07, 6.45) is -5.65. The fraction of sp³-hybridized carbons (Fsp3) is 0.200. The number of benzene rings is 2. The van der Waals surface area contributed by atoms with Crippen molar-refractivity contribution in [3.8, 4) is 22.8 Å². The summed E-state index contributed by atoms with van der Waals surface area (Å²) in [5.41, 5.74) is 13.2. The first kappa shape index (κ1) is 26.9. The van der Waals surface area contributed by atoms with E-state index >= 15 is 0 Å². The maximum atomic E-state index is 14.3. The molecule has 198 valence electrons. The van der Waals surface area contributed by atoms with Gasteiger partial charge >= 0.3 is 12.1 Å². The first-order valence-corrected chi connectivity index (χ1v) is 11.6. The quantitative estimate of drug-likeness (QED) is 0.293. The molecule has 0 bridgehead atoms. The number of aromatic nitrogens is 4. The minimum atomic E-state index is -4.84. The molecule has 0 radical (unpaired) electrons. The lowest BCUT2D eigenvalue weighted by Crippen LogP contribution is -2.32. The molecule has 2 aromatic heterocycles. The van der Waals surface area contributed by atoms with Gasteiger partial charge in [-0.1, -0.05) is 41.9 Å². The van der Waals surface area contributed by atoms with Gasteiger partial charge in [0.1, 0.15) is 6.04 Å². The smallest absolute Gasteiger partial charge is 0.429 e. The van der Waals surface area contributed by atoms with Gasteiger partial charge in [0.15, 0.2) is 0 Å². The Bertz CT molecular complexity index is 1460. The van der Waals surface area contributed by atoms with Crippen LogP contribution in [0.4, 0.5) is 19.1 Å². The molecule has 4 aromatic rings. The van der Waals surface area contributed by atoms with E-state index in [9.17, 15) is 18.0 Å². The van der Waals surface area contributed by atoms with Crippen LogP contribution in [0.1, 0.15) is 22.9 Å². The number of hydrogen-bond donors (Lipinski definition) is 3. The van der Waals surface area contributed by atoms with Gasteiger partial charge in [-0.15, -0.1) is 0 Å². The zero-order valence-electron chi connectivity index (χ0n) is 19.9. The number of carboxylic acid groups (broad SMARTS) is 1. The van der Waals surface area contributed by atoms with E-state index in [1.807, 2.05) is 0 Å². The Hall–Kier alpha value is -4.16. The summed E-state index contributed by atoms with van der Waals surface area (Å²) in [5, 5.41) is 13.4. The summed E-state index contributed by atoms with van der Waals surface area (Å²) >= 11 is 6.08. The fourth-order valence-electron chi connectivity index (χ4n) is 3.72. The molecule has 4 rings (SSSR count). The average molecular weight is 547 g/mol. The number of nitrogens with zero attached hydrogens (tertiary/aromatic N) is 4. The van der Waals surface area contributed by atoms with Crippen molar-refractivity contribution in [2.75, 3.05) is 5.73 Å². The molecule has 0 aliphatic carbocycles. The minimum absolute atomic E-state index is 0.0883. The predicted molar refractivity (Wildman–Crippen MR) is 134 cm³/mol. The second-order valence-corrected chi connectivity index (χ2v) is 8.88. The first-order valence-electron chi connectivity index (χ1n) is 11.2. The Labute approximate surface area is 219 Å². The number of alkyl halides is 3. The largest absolute Gasteiger partial charge is 0.480 e. The number of rotatable bonds is 8. The highest BCUT2D eigenvalue weighted by atomic mass is 35.5. The second-order valence-electron chi connectivity index (χ2n) is 8.44. The van der Waals surface area contributed by atoms with Gasteiger partial charge in [0.25, 0.3) is 0 Å². The number of anilines is 1. The number of ether oxygens (including phenoxy) is 1. The Morgan fingerprint density at radius 1 is 1.13 bits per heavy atom. The van der Waals surface area contributed by atoms with Crippen LogP contribution < -0.4 is 16.2 Å². The molecule has 5 N–H and O–H groups in total. The third-order valence-corrected chi connectivity index (χ3v) is 5.76. The molecule has 9 nitrogen and oxygen atoms in total. The normalized spacial score (nSPS) is 13.2. The van der Waals surface area contributed by atoms with Gasteiger partial charge in [-0.3, -0.25) is 4.79 Å². The summed E-state index contributed by atoms with van der Waals surface area (Å²) in [4.78, 5) is 18.9. The molecular weight excluding hydrogens is 525 g/mol. The molecular formula is C25H22ClF3N6O3. The van der Waals surface area contributed by atoms with Crippen molar-refractivity contribution in [2.45, 2.75) is 31.7 Å². The third-order valence-electron chi connectivity index (χ3n) is 5.52. The van der Waals surface area contributed by atoms with E-state index in [0.717, 1.165) is 0 Å². The van der Waals surface area contributed by atoms with Crippen molar-refractivity contribution in [3.63, 3.8) is 0 Å². The van der Waals surface area contributed by atoms with E-state index in [1.54, 1.807) is 37.3 Å². The Balaban J connectivity index is 1.68. The highest BCUT2D eigenvalue weighted by Gasteiger charge is 2.45. The zero-order chi connectivity index (χ0) is 27.6. The van der Waals surface area contributed by atoms with Crippen LogP contribution >= 0.6 is 11.6 Å². The number of aliphatic carboxylic acids is 1. The van der Waals surface area contributed by atoms with E-state index in [2.05, 4.69) is 15.1 Å². The highest BCUT2D eigenvalue weighted by Crippen LogP contribution is 2.40. The number of halogens is 4. The molecule has 0 amide bonds. The molecule has 0 spiro atoms. The monoisotopic (exact) mass is 546 g/mol. The van der Waals surface area contributed by atoms with Crippen LogP contribution in [0.3, 0.4) is 0 Å². The molecule has 0 unspecified atom stereocenters. The van der Waals surface area contributed by atoms with Crippen LogP contribution in [0, 0.1) is 6.92 Å². The standard InChI is InChI=1S/C25H22ClF3N6O3/c1-13-8-9-35(34-13)20-11-16(26)6-7-17(20)22(25(27,28)29)38-21-12-19(32-24(31)33-21)15-4-2-14(3-5-15)10-18(30)23(36)37/h2-9,11-12,18,22H,10,30H2,1H3,(H,36,37)(H2,31,32,33)/t18-,22-/m0/s1. The summed E-state index contributed by atoms with van der Waals surface area (Å²) in [7, 11) is 0. The van der Waals surface area contributed by atoms with Gasteiger partial charge in [-0.25, -0.2) is 9.67 Å². The Kier molecular flexibility index (Phi) is 7.56. The van der Waals surface area contributed by atoms with Gasteiger partial charge < -0.3 is 21.3 Å². The molecule has 0 aliphatic heterocycles. The van der Waals surface area contributed by atoms with Crippen LogP contribution in [-0.4, -0.2) is 43.0 Å². The van der Waals surface area contributed by atoms with E-state index in [-0.39, 0.29) is 34.3 Å². The lowest BCUT2D eigenvalue weighted by molar-refractivity contribution is -0.198. The van der Waals surface area contributed by atoms with Crippen molar-refractivity contribution in [1.82, 2.24) is 19.7 Å². The van der Waals surface area contributed by atoms with Gasteiger partial charge in [-0.05, 0) is 37.1 Å². The molecule has 0 saturated carbocycles. The number of nitrogens with two attached hydrogens (primary N) is 2. The molecule has 13 heteroatoms. The molecule has 38 heavy (non-hydrogen) atoms. The van der Waals surface area contributed by atoms with E-state index in [0.29, 0.717) is 16.8 Å². The highest BCUT2D eigenvalue weighted by molar-refractivity contribution is 6.30. The Morgan fingerprint density at radius 2 is 1.84 bits per heavy atom. The van der Waals surface area contributed by atoms with Crippen LogP contribution in [0.2, 0.25) is 5.02 Å². The molecule has 2 atom stereocenters. The van der Waals surface area contributed by atoms with Crippen LogP contribution in [0.15, 0.2) is 60.8 Å². The van der Waals surface area contributed by atoms with Gasteiger partial charge in [0, 0.05) is 28.4 Å². The van der Waals surface area contributed by atoms with Crippen molar-refractivity contribution < 1.29 is 27.8 Å². The van der Waals surface area contributed by atoms with E-state index < -0.39 is 30.2 Å². The van der Waals surface area contributed by atoms with E-state index in [4.69, 9.17) is 32.9 Å². The maximum absolute atomic E-state index is 14.3. The topological polar surface area (TPSA) is 142 Å². The third kappa shape index (κ3) is 6.21. The predicted octanol–water partition coefficient (Wildman–Crippen LogP) is 4.51. The van der Waals surface area contributed by atoms with Gasteiger partial charge in [0.05, 0.1) is 17.1 Å². The van der Waals surface area contributed by atoms with Gasteiger partial charge in [0.2, 0.25) is 17.9 Å². The number of carboxylic acids is 1. The maximum Gasteiger partial charge on any atom is 0.429 e. The molecule has 0 fully saturated rings. The SMILES string of the molecule is Cc1ccn(-c2cc(Cl)ccc2[C@H](Oc2cc(-c3ccc(C[C@H](N)C(=O)O)cc3)nc(N)n2)C(F)(F)F)n1. The molecule has 0 aliphatic rings. The van der Waals surface area contributed by atoms with Crippen molar-refractivity contribution in [2.24, 2.45) is 5.73 Å². The molecule has 2 heterocycles. The number of aryl methyl sites for hydroxylation is 1.